The van der Waals surface area contributed by atoms with Gasteiger partial charge in [0.15, 0.2) is 0 Å². The lowest BCUT2D eigenvalue weighted by atomic mass is 9.80. The van der Waals surface area contributed by atoms with Crippen LogP contribution in [0.2, 0.25) is 0 Å². The lowest BCUT2D eigenvalue weighted by molar-refractivity contribution is 0.0996. The van der Waals surface area contributed by atoms with Crippen molar-refractivity contribution in [1.82, 2.24) is 4.98 Å². The average Bonchev–Trinajstić information content (AvgIpc) is 3.31. The number of carbonyl (C=O) groups is 2. The molecule has 6 heteroatoms. The van der Waals surface area contributed by atoms with Crippen LogP contribution in [0.4, 0.5) is 5.69 Å². The number of furan rings is 1. The van der Waals surface area contributed by atoms with Crippen LogP contribution in [0.25, 0.3) is 22.6 Å². The molecule has 0 aliphatic heterocycles. The molecule has 1 aliphatic carbocycles. The maximum atomic E-state index is 13.6. The van der Waals surface area contributed by atoms with E-state index < -0.39 is 5.91 Å². The molecule has 2 aromatic heterocycles. The van der Waals surface area contributed by atoms with Crippen molar-refractivity contribution in [1.29, 1.82) is 0 Å². The Morgan fingerprint density at radius 2 is 1.94 bits per heavy atom. The fraction of sp³-hybridized carbons (Fsp3) is 0.148. The molecule has 0 saturated carbocycles. The zero-order valence-corrected chi connectivity index (χ0v) is 18.2. The average molecular weight is 437 g/mol. The van der Waals surface area contributed by atoms with Crippen LogP contribution in [-0.2, 0) is 6.42 Å². The second kappa shape index (κ2) is 8.39. The van der Waals surface area contributed by atoms with E-state index in [9.17, 15) is 9.59 Å². The van der Waals surface area contributed by atoms with Gasteiger partial charge in [-0.25, -0.2) is 4.98 Å². The van der Waals surface area contributed by atoms with Crippen LogP contribution in [0.5, 0.6) is 0 Å². The molecule has 0 spiro atoms. The molecule has 5 rings (SSSR count). The van der Waals surface area contributed by atoms with Gasteiger partial charge < -0.3 is 15.5 Å². The van der Waals surface area contributed by atoms with Crippen LogP contribution < -0.4 is 11.1 Å². The Morgan fingerprint density at radius 3 is 2.73 bits per heavy atom. The van der Waals surface area contributed by atoms with Gasteiger partial charge in [-0.15, -0.1) is 0 Å². The van der Waals surface area contributed by atoms with Crippen molar-refractivity contribution in [2.45, 2.75) is 19.8 Å². The molecule has 4 aromatic rings. The number of nitrogens with zero attached hydrogens (tertiary/aromatic N) is 1. The highest BCUT2D eigenvalue weighted by Crippen LogP contribution is 2.38. The summed E-state index contributed by atoms with van der Waals surface area (Å²) in [5, 5.41) is 3.76. The quantitative estimate of drug-likeness (QED) is 0.452. The van der Waals surface area contributed by atoms with Gasteiger partial charge in [-0.3, -0.25) is 9.59 Å². The Hall–Kier alpha value is -4.19. The molecule has 3 N–H and O–H groups in total. The summed E-state index contributed by atoms with van der Waals surface area (Å²) in [5.74, 6) is 0.318. The van der Waals surface area contributed by atoms with Crippen molar-refractivity contribution in [3.05, 3.63) is 95.1 Å². The van der Waals surface area contributed by atoms with Gasteiger partial charge in [0.05, 0.1) is 23.0 Å². The van der Waals surface area contributed by atoms with E-state index >= 15 is 0 Å². The first kappa shape index (κ1) is 20.7. The van der Waals surface area contributed by atoms with E-state index in [-0.39, 0.29) is 5.91 Å². The summed E-state index contributed by atoms with van der Waals surface area (Å²) in [6, 6.07) is 18.1. The number of hydrogen-bond acceptors (Lipinski definition) is 4. The van der Waals surface area contributed by atoms with Crippen LogP contribution in [-0.4, -0.2) is 16.8 Å². The number of allylic oxidation sites excluding steroid dienone is 1. The standard InChI is InChI=1S/C27H23N3O3/c1-16-12-18(15-20-8-5-11-33-20)25-22(13-16)24(21-9-2-3-10-23(21)30-25)27(32)29-19-7-4-6-17(14-19)26(28)31/h2-11,14-16H,12-13H2,1H3,(H2,28,31)(H,29,32)/b18-15+. The van der Waals surface area contributed by atoms with E-state index in [4.69, 9.17) is 15.1 Å². The molecule has 1 unspecified atom stereocenters. The molecule has 0 saturated heterocycles. The molecule has 0 radical (unpaired) electrons. The maximum Gasteiger partial charge on any atom is 0.256 e. The van der Waals surface area contributed by atoms with E-state index in [2.05, 4.69) is 12.2 Å². The summed E-state index contributed by atoms with van der Waals surface area (Å²) >= 11 is 0. The third kappa shape index (κ3) is 4.03. The SMILES string of the molecule is CC1C/C(=C\c2ccco2)c2nc3ccccc3c(C(=O)Nc3cccc(C(N)=O)c3)c2C1. The van der Waals surface area contributed by atoms with Gasteiger partial charge in [-0.2, -0.15) is 0 Å². The summed E-state index contributed by atoms with van der Waals surface area (Å²) in [7, 11) is 0. The molecule has 0 fully saturated rings. The number of primary amides is 1. The van der Waals surface area contributed by atoms with Crippen molar-refractivity contribution in [3.63, 3.8) is 0 Å². The monoisotopic (exact) mass is 437 g/mol. The Morgan fingerprint density at radius 1 is 1.09 bits per heavy atom. The van der Waals surface area contributed by atoms with E-state index in [0.29, 0.717) is 22.7 Å². The second-order valence-electron chi connectivity index (χ2n) is 8.43. The van der Waals surface area contributed by atoms with E-state index in [0.717, 1.165) is 46.3 Å². The largest absolute Gasteiger partial charge is 0.465 e. The number of hydrogen-bond donors (Lipinski definition) is 2. The van der Waals surface area contributed by atoms with Crippen molar-refractivity contribution in [3.8, 4) is 0 Å². The maximum absolute atomic E-state index is 13.6. The zero-order chi connectivity index (χ0) is 22.9. The van der Waals surface area contributed by atoms with Crippen LogP contribution in [0, 0.1) is 5.92 Å². The summed E-state index contributed by atoms with van der Waals surface area (Å²) in [6.45, 7) is 2.17. The number of nitrogens with two attached hydrogens (primary N) is 1. The first-order valence-corrected chi connectivity index (χ1v) is 10.9. The summed E-state index contributed by atoms with van der Waals surface area (Å²) < 4.78 is 5.54. The van der Waals surface area contributed by atoms with Crippen LogP contribution in [0.15, 0.2) is 71.3 Å². The lowest BCUT2D eigenvalue weighted by Gasteiger charge is -2.26. The Balaban J connectivity index is 1.66. The number of rotatable bonds is 4. The zero-order valence-electron chi connectivity index (χ0n) is 18.2. The number of para-hydroxylation sites is 1. The van der Waals surface area contributed by atoms with Crippen molar-refractivity contribution < 1.29 is 14.0 Å². The minimum atomic E-state index is -0.542. The third-order valence-electron chi connectivity index (χ3n) is 5.91. The molecule has 2 heterocycles. The third-order valence-corrected chi connectivity index (χ3v) is 5.91. The molecule has 6 nitrogen and oxygen atoms in total. The number of amides is 2. The Labute approximate surface area is 191 Å². The molecule has 0 bridgehead atoms. The second-order valence-corrected chi connectivity index (χ2v) is 8.43. The number of benzene rings is 2. The van der Waals surface area contributed by atoms with Crippen molar-refractivity contribution in [2.75, 3.05) is 5.32 Å². The van der Waals surface area contributed by atoms with Gasteiger partial charge in [0, 0.05) is 16.6 Å². The predicted molar refractivity (Wildman–Crippen MR) is 129 cm³/mol. The van der Waals surface area contributed by atoms with Gasteiger partial charge in [0.25, 0.3) is 5.91 Å². The van der Waals surface area contributed by atoms with Gasteiger partial charge in [0.2, 0.25) is 5.91 Å². The topological polar surface area (TPSA) is 98.2 Å². The van der Waals surface area contributed by atoms with Crippen molar-refractivity contribution in [2.24, 2.45) is 11.7 Å². The molecular weight excluding hydrogens is 414 g/mol. The number of carbonyl (C=O) groups excluding carboxylic acids is 2. The molecule has 1 atom stereocenters. The Kier molecular flexibility index (Phi) is 5.26. The highest BCUT2D eigenvalue weighted by atomic mass is 16.3. The van der Waals surface area contributed by atoms with Gasteiger partial charge >= 0.3 is 0 Å². The smallest absolute Gasteiger partial charge is 0.256 e. The molecular formula is C27H23N3O3. The highest BCUT2D eigenvalue weighted by molar-refractivity contribution is 6.14. The lowest BCUT2D eigenvalue weighted by Crippen LogP contribution is -2.21. The Bertz CT molecular complexity index is 1400. The van der Waals surface area contributed by atoms with Gasteiger partial charge in [-0.1, -0.05) is 31.2 Å². The first-order chi connectivity index (χ1) is 16.0. The summed E-state index contributed by atoms with van der Waals surface area (Å²) in [6.07, 6.45) is 5.24. The van der Waals surface area contributed by atoms with Gasteiger partial charge in [-0.05, 0) is 72.4 Å². The predicted octanol–water partition coefficient (Wildman–Crippen LogP) is 5.30. The number of nitrogens with one attached hydrogen (secondary N) is 1. The van der Waals surface area contributed by atoms with E-state index in [1.54, 1.807) is 30.5 Å². The molecule has 164 valence electrons. The number of fused-ring (bicyclic) bond motifs is 2. The van der Waals surface area contributed by atoms with E-state index in [1.165, 1.54) is 0 Å². The normalized spacial score (nSPS) is 16.5. The first-order valence-electron chi connectivity index (χ1n) is 10.9. The number of aromatic nitrogens is 1. The minimum Gasteiger partial charge on any atom is -0.465 e. The van der Waals surface area contributed by atoms with Crippen LogP contribution >= 0.6 is 0 Å². The molecule has 1 aliphatic rings. The van der Waals surface area contributed by atoms with Crippen molar-refractivity contribution >= 4 is 40.1 Å². The number of pyridine rings is 1. The molecule has 2 amide bonds. The van der Waals surface area contributed by atoms with Crippen LogP contribution in [0.3, 0.4) is 0 Å². The van der Waals surface area contributed by atoms with E-state index in [1.807, 2.05) is 42.5 Å². The van der Waals surface area contributed by atoms with Crippen LogP contribution in [0.1, 0.15) is 51.1 Å². The number of anilines is 1. The highest BCUT2D eigenvalue weighted by Gasteiger charge is 2.28. The summed E-state index contributed by atoms with van der Waals surface area (Å²) in [5.41, 5.74) is 10.4. The fourth-order valence-corrected chi connectivity index (χ4v) is 4.48. The fourth-order valence-electron chi connectivity index (χ4n) is 4.48. The minimum absolute atomic E-state index is 0.238. The summed E-state index contributed by atoms with van der Waals surface area (Å²) in [4.78, 5) is 30.1. The molecule has 2 aromatic carbocycles. The molecule has 33 heavy (non-hydrogen) atoms. The van der Waals surface area contributed by atoms with Gasteiger partial charge in [0.1, 0.15) is 5.76 Å².